The van der Waals surface area contributed by atoms with E-state index >= 15 is 0 Å². The van der Waals surface area contributed by atoms with Gasteiger partial charge in [-0.05, 0) is 56.2 Å². The summed E-state index contributed by atoms with van der Waals surface area (Å²) in [5.74, 6) is -0.335. The maximum Gasteiger partial charge on any atom is 0.149 e. The Morgan fingerprint density at radius 2 is 1.85 bits per heavy atom. The van der Waals surface area contributed by atoms with Crippen LogP contribution in [0.25, 0.3) is 0 Å². The molecule has 2 rings (SSSR count). The number of anilines is 1. The quantitative estimate of drug-likeness (QED) is 0.829. The summed E-state index contributed by atoms with van der Waals surface area (Å²) in [5, 5.41) is 0. The molecule has 20 heavy (non-hydrogen) atoms. The molecule has 1 aromatic carbocycles. The highest BCUT2D eigenvalue weighted by Gasteiger charge is 2.26. The molecule has 0 saturated heterocycles. The van der Waals surface area contributed by atoms with Crippen molar-refractivity contribution in [3.8, 4) is 0 Å². The fourth-order valence-corrected chi connectivity index (χ4v) is 2.48. The van der Waals surface area contributed by atoms with E-state index in [-0.39, 0.29) is 11.7 Å². The zero-order valence-corrected chi connectivity index (χ0v) is 12.3. The number of hydrogen-bond donors (Lipinski definition) is 1. The minimum atomic E-state index is -0.467. The van der Waals surface area contributed by atoms with Gasteiger partial charge in [0.05, 0.1) is 0 Å². The van der Waals surface area contributed by atoms with Crippen LogP contribution in [0, 0.1) is 17.6 Å². The van der Waals surface area contributed by atoms with E-state index < -0.39 is 11.6 Å². The van der Waals surface area contributed by atoms with Crippen molar-refractivity contribution in [1.29, 1.82) is 0 Å². The molecule has 1 aromatic rings. The standard InChI is InChI=1S/C16H24F2N2/c1-3-13(19)7-12-8-14(17)16(15(18)9-12)20(4-2)10-11-5-6-11/h8-9,11,13H,3-7,10,19H2,1-2H3. The number of hydrogen-bond acceptors (Lipinski definition) is 2. The topological polar surface area (TPSA) is 29.3 Å². The molecule has 0 heterocycles. The van der Waals surface area contributed by atoms with Crippen molar-refractivity contribution in [2.24, 2.45) is 11.7 Å². The van der Waals surface area contributed by atoms with Gasteiger partial charge in [-0.2, -0.15) is 0 Å². The molecule has 112 valence electrons. The molecule has 0 bridgehead atoms. The molecule has 0 aromatic heterocycles. The summed E-state index contributed by atoms with van der Waals surface area (Å²) < 4.78 is 28.5. The van der Waals surface area contributed by atoms with Gasteiger partial charge in [-0.15, -0.1) is 0 Å². The number of benzene rings is 1. The van der Waals surface area contributed by atoms with Crippen LogP contribution in [0.4, 0.5) is 14.5 Å². The molecule has 2 N–H and O–H groups in total. The second-order valence-electron chi connectivity index (χ2n) is 5.76. The predicted octanol–water partition coefficient (Wildman–Crippen LogP) is 3.48. The summed E-state index contributed by atoms with van der Waals surface area (Å²) >= 11 is 0. The van der Waals surface area contributed by atoms with Crippen LogP contribution in [0.2, 0.25) is 0 Å². The second kappa shape index (κ2) is 6.53. The molecule has 1 saturated carbocycles. The van der Waals surface area contributed by atoms with Crippen molar-refractivity contribution in [2.45, 2.75) is 45.6 Å². The van der Waals surface area contributed by atoms with Crippen LogP contribution < -0.4 is 10.6 Å². The van der Waals surface area contributed by atoms with Gasteiger partial charge in [-0.25, -0.2) is 8.78 Å². The van der Waals surface area contributed by atoms with Crippen molar-refractivity contribution in [3.05, 3.63) is 29.3 Å². The van der Waals surface area contributed by atoms with Crippen LogP contribution in [-0.2, 0) is 6.42 Å². The first-order chi connectivity index (χ1) is 9.55. The minimum Gasteiger partial charge on any atom is -0.367 e. The molecule has 4 heteroatoms. The summed E-state index contributed by atoms with van der Waals surface area (Å²) in [6.07, 6.45) is 3.65. The van der Waals surface area contributed by atoms with E-state index in [1.54, 1.807) is 0 Å². The van der Waals surface area contributed by atoms with Gasteiger partial charge in [0, 0.05) is 19.1 Å². The van der Waals surface area contributed by atoms with E-state index in [2.05, 4.69) is 0 Å². The van der Waals surface area contributed by atoms with E-state index in [0.29, 0.717) is 24.4 Å². The summed E-state index contributed by atoms with van der Waals surface area (Å²) in [6, 6.07) is 2.82. The smallest absolute Gasteiger partial charge is 0.149 e. The molecule has 1 fully saturated rings. The van der Waals surface area contributed by atoms with Gasteiger partial charge >= 0.3 is 0 Å². The fourth-order valence-electron chi connectivity index (χ4n) is 2.48. The van der Waals surface area contributed by atoms with Crippen LogP contribution in [0.1, 0.15) is 38.7 Å². The molecule has 1 aliphatic carbocycles. The maximum atomic E-state index is 14.3. The van der Waals surface area contributed by atoms with Gasteiger partial charge in [0.1, 0.15) is 17.3 Å². The van der Waals surface area contributed by atoms with Gasteiger partial charge in [0.25, 0.3) is 0 Å². The third-order valence-corrected chi connectivity index (χ3v) is 3.97. The monoisotopic (exact) mass is 282 g/mol. The summed E-state index contributed by atoms with van der Waals surface area (Å²) in [7, 11) is 0. The van der Waals surface area contributed by atoms with E-state index in [1.165, 1.54) is 25.0 Å². The van der Waals surface area contributed by atoms with Crippen molar-refractivity contribution in [3.63, 3.8) is 0 Å². The van der Waals surface area contributed by atoms with E-state index in [0.717, 1.165) is 13.0 Å². The fraction of sp³-hybridized carbons (Fsp3) is 0.625. The normalized spacial score (nSPS) is 16.2. The van der Waals surface area contributed by atoms with Crippen LogP contribution in [0.5, 0.6) is 0 Å². The largest absolute Gasteiger partial charge is 0.367 e. The van der Waals surface area contributed by atoms with Gasteiger partial charge < -0.3 is 10.6 Å². The molecule has 2 nitrogen and oxygen atoms in total. The van der Waals surface area contributed by atoms with Crippen molar-refractivity contribution >= 4 is 5.69 Å². The van der Waals surface area contributed by atoms with Crippen LogP contribution >= 0.6 is 0 Å². The number of nitrogens with zero attached hydrogens (tertiary/aromatic N) is 1. The first kappa shape index (κ1) is 15.2. The maximum absolute atomic E-state index is 14.3. The zero-order chi connectivity index (χ0) is 14.7. The first-order valence-electron chi connectivity index (χ1n) is 7.53. The number of nitrogens with two attached hydrogens (primary N) is 1. The number of rotatable bonds is 7. The van der Waals surface area contributed by atoms with E-state index in [1.807, 2.05) is 18.7 Å². The molecule has 1 atom stereocenters. The van der Waals surface area contributed by atoms with Gasteiger partial charge in [-0.3, -0.25) is 0 Å². The van der Waals surface area contributed by atoms with E-state index in [4.69, 9.17) is 5.73 Å². The molecule has 1 unspecified atom stereocenters. The Morgan fingerprint density at radius 1 is 1.25 bits per heavy atom. The molecule has 0 aliphatic heterocycles. The Bertz CT molecular complexity index is 435. The lowest BCUT2D eigenvalue weighted by Crippen LogP contribution is -2.27. The molecule has 0 spiro atoms. The second-order valence-corrected chi connectivity index (χ2v) is 5.76. The van der Waals surface area contributed by atoms with Gasteiger partial charge in [0.2, 0.25) is 0 Å². The highest BCUT2D eigenvalue weighted by molar-refractivity contribution is 5.51. The summed E-state index contributed by atoms with van der Waals surface area (Å²) in [4.78, 5) is 1.81. The minimum absolute atomic E-state index is 0.0478. The lowest BCUT2D eigenvalue weighted by atomic mass is 10.0. The number of halogens is 2. The first-order valence-corrected chi connectivity index (χ1v) is 7.53. The molecule has 1 aliphatic rings. The van der Waals surface area contributed by atoms with Gasteiger partial charge in [-0.1, -0.05) is 6.92 Å². The van der Waals surface area contributed by atoms with E-state index in [9.17, 15) is 8.78 Å². The Hall–Kier alpha value is -1.16. The Kier molecular flexibility index (Phi) is 4.97. The average molecular weight is 282 g/mol. The van der Waals surface area contributed by atoms with Crippen LogP contribution in [0.3, 0.4) is 0 Å². The SMILES string of the molecule is CCC(N)Cc1cc(F)c(N(CC)CC2CC2)c(F)c1. The highest BCUT2D eigenvalue weighted by atomic mass is 19.1. The predicted molar refractivity (Wildman–Crippen MR) is 78.9 cm³/mol. The molecular weight excluding hydrogens is 258 g/mol. The molecule has 0 amide bonds. The van der Waals surface area contributed by atoms with Crippen LogP contribution in [0.15, 0.2) is 12.1 Å². The molecule has 0 radical (unpaired) electrons. The van der Waals surface area contributed by atoms with Gasteiger partial charge in [0.15, 0.2) is 0 Å². The summed E-state index contributed by atoms with van der Waals surface area (Å²) in [5.41, 5.74) is 6.61. The summed E-state index contributed by atoms with van der Waals surface area (Å²) in [6.45, 7) is 5.28. The average Bonchev–Trinajstić information content (AvgIpc) is 3.20. The highest BCUT2D eigenvalue weighted by Crippen LogP contribution is 2.33. The van der Waals surface area contributed by atoms with Crippen molar-refractivity contribution in [2.75, 3.05) is 18.0 Å². The third kappa shape index (κ3) is 3.69. The lowest BCUT2D eigenvalue weighted by molar-refractivity contribution is 0.560. The van der Waals surface area contributed by atoms with Crippen LogP contribution in [-0.4, -0.2) is 19.1 Å². The zero-order valence-electron chi connectivity index (χ0n) is 12.3. The lowest BCUT2D eigenvalue weighted by Gasteiger charge is -2.24. The Balaban J connectivity index is 2.20. The Morgan fingerprint density at radius 3 is 2.30 bits per heavy atom. The molecular formula is C16H24F2N2. The van der Waals surface area contributed by atoms with Crippen molar-refractivity contribution < 1.29 is 8.78 Å². The van der Waals surface area contributed by atoms with Crippen molar-refractivity contribution in [1.82, 2.24) is 0 Å². The third-order valence-electron chi connectivity index (χ3n) is 3.97. The Labute approximate surface area is 120 Å².